The Kier molecular flexibility index (Phi) is 3.90. The van der Waals surface area contributed by atoms with Gasteiger partial charge in [-0.15, -0.1) is 0 Å². The molecule has 2 nitrogen and oxygen atoms in total. The van der Waals surface area contributed by atoms with Crippen molar-refractivity contribution < 1.29 is 4.74 Å². The molecule has 2 aromatic rings. The van der Waals surface area contributed by atoms with Gasteiger partial charge in [0, 0.05) is 6.04 Å². The molecule has 3 heteroatoms. The number of ether oxygens (including phenoxy) is 1. The molecule has 0 bridgehead atoms. The van der Waals surface area contributed by atoms with Gasteiger partial charge >= 0.3 is 0 Å². The minimum Gasteiger partial charge on any atom is -0.495 e. The highest BCUT2D eigenvalue weighted by Gasteiger charge is 2.05. The lowest BCUT2D eigenvalue weighted by molar-refractivity contribution is 0.415. The Morgan fingerprint density at radius 3 is 2.22 bits per heavy atom. The van der Waals surface area contributed by atoms with Gasteiger partial charge in [0.1, 0.15) is 5.75 Å². The number of nitrogens with two attached hydrogens (primary N) is 1. The Labute approximate surface area is 112 Å². The molecule has 1 atom stereocenters. The Hall–Kier alpha value is -1.51. The Morgan fingerprint density at radius 1 is 1.06 bits per heavy atom. The maximum atomic E-state index is 6.01. The summed E-state index contributed by atoms with van der Waals surface area (Å²) in [5.41, 5.74) is 9.15. The summed E-state index contributed by atoms with van der Waals surface area (Å²) in [6, 6.07) is 14.0. The summed E-state index contributed by atoms with van der Waals surface area (Å²) in [6.45, 7) is 1.97. The third kappa shape index (κ3) is 2.66. The molecule has 2 aromatic carbocycles. The molecule has 1 unspecified atom stereocenters. The van der Waals surface area contributed by atoms with Gasteiger partial charge in [-0.1, -0.05) is 41.9 Å². The van der Waals surface area contributed by atoms with Gasteiger partial charge in [0.2, 0.25) is 0 Å². The smallest absolute Gasteiger partial charge is 0.138 e. The highest BCUT2D eigenvalue weighted by molar-refractivity contribution is 6.32. The molecule has 0 aliphatic heterocycles. The van der Waals surface area contributed by atoms with Gasteiger partial charge in [-0.05, 0) is 35.7 Å². The zero-order chi connectivity index (χ0) is 13.1. The van der Waals surface area contributed by atoms with Gasteiger partial charge in [0.05, 0.1) is 12.1 Å². The first-order chi connectivity index (χ1) is 8.61. The van der Waals surface area contributed by atoms with Crippen LogP contribution in [0.3, 0.4) is 0 Å². The second kappa shape index (κ2) is 5.42. The van der Waals surface area contributed by atoms with Crippen LogP contribution < -0.4 is 10.5 Å². The van der Waals surface area contributed by atoms with E-state index < -0.39 is 0 Å². The average molecular weight is 262 g/mol. The fraction of sp³-hybridized carbons (Fsp3) is 0.200. The summed E-state index contributed by atoms with van der Waals surface area (Å²) in [7, 11) is 1.62. The van der Waals surface area contributed by atoms with Crippen molar-refractivity contribution >= 4 is 11.6 Å². The normalized spacial score (nSPS) is 12.2. The van der Waals surface area contributed by atoms with E-state index in [9.17, 15) is 0 Å². The molecule has 2 rings (SSSR count). The van der Waals surface area contributed by atoms with Crippen LogP contribution in [0.1, 0.15) is 18.5 Å². The van der Waals surface area contributed by atoms with Gasteiger partial charge < -0.3 is 10.5 Å². The van der Waals surface area contributed by atoms with Crippen molar-refractivity contribution in [2.45, 2.75) is 13.0 Å². The summed E-state index contributed by atoms with van der Waals surface area (Å²) < 4.78 is 5.22. The topological polar surface area (TPSA) is 35.2 Å². The van der Waals surface area contributed by atoms with Gasteiger partial charge in [0.25, 0.3) is 0 Å². The third-order valence-electron chi connectivity index (χ3n) is 2.92. The van der Waals surface area contributed by atoms with Crippen LogP contribution in [0, 0.1) is 0 Å². The first-order valence-corrected chi connectivity index (χ1v) is 6.19. The molecule has 0 aromatic heterocycles. The Balaban J connectivity index is 2.36. The van der Waals surface area contributed by atoms with Crippen LogP contribution in [0.2, 0.25) is 5.02 Å². The van der Waals surface area contributed by atoms with E-state index in [0.717, 1.165) is 16.7 Å². The van der Waals surface area contributed by atoms with Crippen LogP contribution in [-0.2, 0) is 0 Å². The number of rotatable bonds is 3. The number of hydrogen-bond donors (Lipinski definition) is 1. The fourth-order valence-electron chi connectivity index (χ4n) is 1.82. The standard InChI is InChI=1S/C15H16ClNO/c1-10(17)11-3-5-12(6-4-11)13-7-8-14(16)15(9-13)18-2/h3-10H,17H2,1-2H3. The van der Waals surface area contributed by atoms with E-state index in [1.807, 2.05) is 37.3 Å². The predicted octanol–water partition coefficient (Wildman–Crippen LogP) is 4.04. The third-order valence-corrected chi connectivity index (χ3v) is 3.23. The first-order valence-electron chi connectivity index (χ1n) is 5.81. The summed E-state index contributed by atoms with van der Waals surface area (Å²) in [5.74, 6) is 0.686. The molecule has 18 heavy (non-hydrogen) atoms. The largest absolute Gasteiger partial charge is 0.495 e. The number of hydrogen-bond acceptors (Lipinski definition) is 2. The second-order valence-corrected chi connectivity index (χ2v) is 4.67. The van der Waals surface area contributed by atoms with E-state index in [2.05, 4.69) is 12.1 Å². The molecular formula is C15H16ClNO. The van der Waals surface area contributed by atoms with E-state index in [-0.39, 0.29) is 6.04 Å². The maximum absolute atomic E-state index is 6.01. The molecule has 0 amide bonds. The van der Waals surface area contributed by atoms with Crippen LogP contribution >= 0.6 is 11.6 Å². The molecule has 0 fully saturated rings. The first kappa shape index (κ1) is 12.9. The second-order valence-electron chi connectivity index (χ2n) is 4.26. The average Bonchev–Trinajstić information content (AvgIpc) is 2.39. The molecule has 0 saturated carbocycles. The summed E-state index contributed by atoms with van der Waals surface area (Å²) in [5, 5.41) is 0.619. The molecule has 2 N–H and O–H groups in total. The van der Waals surface area contributed by atoms with Crippen LogP contribution in [0.5, 0.6) is 5.75 Å². The van der Waals surface area contributed by atoms with E-state index in [1.54, 1.807) is 7.11 Å². The Morgan fingerprint density at radius 2 is 1.67 bits per heavy atom. The minimum absolute atomic E-state index is 0.0544. The van der Waals surface area contributed by atoms with Crippen molar-refractivity contribution in [3.63, 3.8) is 0 Å². The van der Waals surface area contributed by atoms with Crippen LogP contribution in [0.15, 0.2) is 42.5 Å². The monoisotopic (exact) mass is 261 g/mol. The SMILES string of the molecule is COc1cc(-c2ccc(C(C)N)cc2)ccc1Cl. The van der Waals surface area contributed by atoms with Crippen LogP contribution in [0.4, 0.5) is 0 Å². The number of methoxy groups -OCH3 is 1. The van der Waals surface area contributed by atoms with Crippen molar-refractivity contribution in [2.75, 3.05) is 7.11 Å². The van der Waals surface area contributed by atoms with Crippen molar-refractivity contribution in [3.05, 3.63) is 53.1 Å². The van der Waals surface area contributed by atoms with E-state index in [4.69, 9.17) is 22.1 Å². The zero-order valence-corrected chi connectivity index (χ0v) is 11.2. The quantitative estimate of drug-likeness (QED) is 0.905. The predicted molar refractivity (Wildman–Crippen MR) is 76.0 cm³/mol. The van der Waals surface area contributed by atoms with Crippen molar-refractivity contribution in [2.24, 2.45) is 5.73 Å². The lowest BCUT2D eigenvalue weighted by Crippen LogP contribution is -2.04. The molecule has 0 aliphatic rings. The highest BCUT2D eigenvalue weighted by Crippen LogP contribution is 2.30. The van der Waals surface area contributed by atoms with E-state index in [1.165, 1.54) is 0 Å². The molecule has 0 heterocycles. The van der Waals surface area contributed by atoms with Crippen molar-refractivity contribution in [1.82, 2.24) is 0 Å². The lowest BCUT2D eigenvalue weighted by Gasteiger charge is -2.09. The molecule has 0 radical (unpaired) electrons. The van der Waals surface area contributed by atoms with Crippen LogP contribution in [-0.4, -0.2) is 7.11 Å². The fourth-order valence-corrected chi connectivity index (χ4v) is 2.01. The van der Waals surface area contributed by atoms with Crippen molar-refractivity contribution in [1.29, 1.82) is 0 Å². The van der Waals surface area contributed by atoms with E-state index in [0.29, 0.717) is 10.8 Å². The molecule has 0 aliphatic carbocycles. The minimum atomic E-state index is 0.0544. The van der Waals surface area contributed by atoms with E-state index >= 15 is 0 Å². The number of benzene rings is 2. The van der Waals surface area contributed by atoms with Gasteiger partial charge in [-0.2, -0.15) is 0 Å². The summed E-state index contributed by atoms with van der Waals surface area (Å²) in [6.07, 6.45) is 0. The molecule has 94 valence electrons. The molecule has 0 saturated heterocycles. The Bertz CT molecular complexity index is 535. The zero-order valence-electron chi connectivity index (χ0n) is 10.5. The summed E-state index contributed by atoms with van der Waals surface area (Å²) in [4.78, 5) is 0. The lowest BCUT2D eigenvalue weighted by atomic mass is 10.0. The number of halogens is 1. The maximum Gasteiger partial charge on any atom is 0.138 e. The van der Waals surface area contributed by atoms with Crippen molar-refractivity contribution in [3.8, 4) is 16.9 Å². The molecule has 0 spiro atoms. The van der Waals surface area contributed by atoms with Crippen LogP contribution in [0.25, 0.3) is 11.1 Å². The van der Waals surface area contributed by atoms with Gasteiger partial charge in [0.15, 0.2) is 0 Å². The molecular weight excluding hydrogens is 246 g/mol. The van der Waals surface area contributed by atoms with Gasteiger partial charge in [-0.25, -0.2) is 0 Å². The van der Waals surface area contributed by atoms with Gasteiger partial charge in [-0.3, -0.25) is 0 Å². The highest BCUT2D eigenvalue weighted by atomic mass is 35.5. The summed E-state index contributed by atoms with van der Waals surface area (Å²) >= 11 is 6.01.